The molecule has 0 saturated carbocycles. The van der Waals surface area contributed by atoms with Gasteiger partial charge in [0.25, 0.3) is 0 Å². The van der Waals surface area contributed by atoms with Gasteiger partial charge in [0, 0.05) is 6.54 Å². The first-order valence-electron chi connectivity index (χ1n) is 4.25. The summed E-state index contributed by atoms with van der Waals surface area (Å²) in [5.41, 5.74) is 0. The van der Waals surface area contributed by atoms with Crippen LogP contribution in [0.1, 0.15) is 26.7 Å². The molecular formula is C9H16BrNO. The molecule has 0 spiro atoms. The lowest BCUT2D eigenvalue weighted by Gasteiger charge is -2.06. The van der Waals surface area contributed by atoms with Crippen molar-refractivity contribution in [2.75, 3.05) is 6.54 Å². The predicted octanol–water partition coefficient (Wildman–Crippen LogP) is 2.24. The highest BCUT2D eigenvalue weighted by atomic mass is 79.9. The lowest BCUT2D eigenvalue weighted by molar-refractivity contribution is -0.120. The molecule has 0 aliphatic rings. The Kier molecular flexibility index (Phi) is 7.16. The van der Waals surface area contributed by atoms with Crippen LogP contribution < -0.4 is 5.32 Å². The Labute approximate surface area is 82.5 Å². The predicted molar refractivity (Wildman–Crippen MR) is 55.4 cm³/mol. The van der Waals surface area contributed by atoms with Crippen molar-refractivity contribution < 1.29 is 4.79 Å². The van der Waals surface area contributed by atoms with E-state index < -0.39 is 0 Å². The van der Waals surface area contributed by atoms with Gasteiger partial charge in [0.15, 0.2) is 0 Å². The zero-order valence-corrected chi connectivity index (χ0v) is 9.23. The zero-order valence-electron chi connectivity index (χ0n) is 7.64. The van der Waals surface area contributed by atoms with Crippen LogP contribution in [0.15, 0.2) is 12.2 Å². The third kappa shape index (κ3) is 5.35. The van der Waals surface area contributed by atoms with Gasteiger partial charge in [0.2, 0.25) is 5.91 Å². The van der Waals surface area contributed by atoms with Crippen molar-refractivity contribution in [1.82, 2.24) is 5.32 Å². The van der Waals surface area contributed by atoms with Gasteiger partial charge in [-0.15, -0.1) is 0 Å². The molecule has 0 radical (unpaired) electrons. The van der Waals surface area contributed by atoms with Crippen molar-refractivity contribution >= 4 is 21.8 Å². The summed E-state index contributed by atoms with van der Waals surface area (Å²) in [5, 5.41) is 2.83. The number of carbonyl (C=O) groups excluding carboxylic acids is 1. The van der Waals surface area contributed by atoms with Crippen LogP contribution in [0.3, 0.4) is 0 Å². The van der Waals surface area contributed by atoms with E-state index in [0.29, 0.717) is 0 Å². The average Bonchev–Trinajstić information content (AvgIpc) is 2.10. The quantitative estimate of drug-likeness (QED) is 0.441. The summed E-state index contributed by atoms with van der Waals surface area (Å²) in [6.07, 6.45) is 5.76. The second-order valence-corrected chi connectivity index (χ2v) is 3.63. The van der Waals surface area contributed by atoms with Crippen LogP contribution in [-0.4, -0.2) is 17.3 Å². The number of alkyl halides is 1. The number of nitrogens with one attached hydrogen (secondary N) is 1. The van der Waals surface area contributed by atoms with Crippen LogP contribution in [-0.2, 0) is 4.79 Å². The average molecular weight is 234 g/mol. The Morgan fingerprint density at radius 3 is 2.83 bits per heavy atom. The van der Waals surface area contributed by atoms with Crippen LogP contribution in [0.2, 0.25) is 0 Å². The third-order valence-corrected chi connectivity index (χ3v) is 2.55. The van der Waals surface area contributed by atoms with E-state index in [1.807, 2.05) is 26.0 Å². The highest BCUT2D eigenvalue weighted by Gasteiger charge is 2.09. The van der Waals surface area contributed by atoms with Crippen LogP contribution in [0.4, 0.5) is 0 Å². The number of hydrogen-bond acceptors (Lipinski definition) is 1. The van der Waals surface area contributed by atoms with E-state index in [9.17, 15) is 4.79 Å². The number of hydrogen-bond donors (Lipinski definition) is 1. The van der Waals surface area contributed by atoms with Crippen LogP contribution in [0.25, 0.3) is 0 Å². The molecule has 0 bridgehead atoms. The van der Waals surface area contributed by atoms with Gasteiger partial charge in [-0.05, 0) is 19.8 Å². The maximum Gasteiger partial charge on any atom is 0.233 e. The van der Waals surface area contributed by atoms with Crippen molar-refractivity contribution in [2.45, 2.75) is 31.5 Å². The molecule has 1 atom stereocenters. The number of carbonyl (C=O) groups is 1. The Bertz CT molecular complexity index is 157. The van der Waals surface area contributed by atoms with Gasteiger partial charge in [-0.3, -0.25) is 4.79 Å². The Hall–Kier alpha value is -0.310. The fraction of sp³-hybridized carbons (Fsp3) is 0.667. The highest BCUT2D eigenvalue weighted by molar-refractivity contribution is 9.10. The second-order valence-electron chi connectivity index (χ2n) is 2.52. The summed E-state index contributed by atoms with van der Waals surface area (Å²) < 4.78 is 0. The summed E-state index contributed by atoms with van der Waals surface area (Å²) in [7, 11) is 0. The molecule has 0 heterocycles. The van der Waals surface area contributed by atoms with Crippen LogP contribution in [0, 0.1) is 0 Å². The molecule has 0 rings (SSSR count). The molecule has 2 nitrogen and oxygen atoms in total. The summed E-state index contributed by atoms with van der Waals surface area (Å²) in [6.45, 7) is 4.68. The standard InChI is InChI=1S/C9H16BrNO/c1-3-5-6-7-11-9(12)8(10)4-2/h3,5,8H,4,6-7H2,1-2H3,(H,11,12)/b5-3+. The van der Waals surface area contributed by atoms with Crippen molar-refractivity contribution in [3.8, 4) is 0 Å². The van der Waals surface area contributed by atoms with Gasteiger partial charge < -0.3 is 5.32 Å². The molecule has 0 aliphatic heterocycles. The van der Waals surface area contributed by atoms with Gasteiger partial charge in [0.05, 0.1) is 4.83 Å². The first kappa shape index (κ1) is 11.7. The minimum atomic E-state index is -0.0388. The number of amides is 1. The van der Waals surface area contributed by atoms with Crippen molar-refractivity contribution in [1.29, 1.82) is 0 Å². The maximum absolute atomic E-state index is 11.2. The number of rotatable bonds is 5. The van der Waals surface area contributed by atoms with Crippen LogP contribution in [0.5, 0.6) is 0 Å². The van der Waals surface area contributed by atoms with Gasteiger partial charge in [-0.1, -0.05) is 35.0 Å². The smallest absolute Gasteiger partial charge is 0.233 e. The fourth-order valence-electron chi connectivity index (χ4n) is 0.742. The number of allylic oxidation sites excluding steroid dienone is 1. The molecular weight excluding hydrogens is 218 g/mol. The topological polar surface area (TPSA) is 29.1 Å². The van der Waals surface area contributed by atoms with Crippen molar-refractivity contribution in [2.24, 2.45) is 0 Å². The summed E-state index contributed by atoms with van der Waals surface area (Å²) in [6, 6.07) is 0. The van der Waals surface area contributed by atoms with E-state index >= 15 is 0 Å². The molecule has 1 N–H and O–H groups in total. The van der Waals surface area contributed by atoms with E-state index in [-0.39, 0.29) is 10.7 Å². The highest BCUT2D eigenvalue weighted by Crippen LogP contribution is 2.03. The molecule has 70 valence electrons. The Morgan fingerprint density at radius 2 is 2.33 bits per heavy atom. The summed E-state index contributed by atoms with van der Waals surface area (Å²) >= 11 is 3.28. The molecule has 12 heavy (non-hydrogen) atoms. The fourth-order valence-corrected chi connectivity index (χ4v) is 0.903. The van der Waals surface area contributed by atoms with Crippen molar-refractivity contribution in [3.63, 3.8) is 0 Å². The lowest BCUT2D eigenvalue weighted by Crippen LogP contribution is -2.31. The summed E-state index contributed by atoms with van der Waals surface area (Å²) in [5.74, 6) is 0.0852. The van der Waals surface area contributed by atoms with Gasteiger partial charge in [-0.25, -0.2) is 0 Å². The van der Waals surface area contributed by atoms with E-state index in [2.05, 4.69) is 21.2 Å². The molecule has 0 saturated heterocycles. The first-order valence-corrected chi connectivity index (χ1v) is 5.16. The minimum absolute atomic E-state index is 0.0388. The molecule has 0 fully saturated rings. The van der Waals surface area contributed by atoms with Gasteiger partial charge >= 0.3 is 0 Å². The lowest BCUT2D eigenvalue weighted by atomic mass is 10.3. The normalized spacial score (nSPS) is 13.2. The SMILES string of the molecule is C/C=C/CCNC(=O)C(Br)CC. The molecule has 0 aromatic carbocycles. The second kappa shape index (κ2) is 7.35. The van der Waals surface area contributed by atoms with Gasteiger partial charge in [-0.2, -0.15) is 0 Å². The third-order valence-electron chi connectivity index (χ3n) is 1.49. The molecule has 1 amide bonds. The minimum Gasteiger partial charge on any atom is -0.355 e. The van der Waals surface area contributed by atoms with Crippen molar-refractivity contribution in [3.05, 3.63) is 12.2 Å². The zero-order chi connectivity index (χ0) is 9.40. The Morgan fingerprint density at radius 1 is 1.67 bits per heavy atom. The summed E-state index contributed by atoms with van der Waals surface area (Å²) in [4.78, 5) is 11.1. The van der Waals surface area contributed by atoms with E-state index in [4.69, 9.17) is 0 Å². The van der Waals surface area contributed by atoms with E-state index in [1.165, 1.54) is 0 Å². The number of halogens is 1. The Balaban J connectivity index is 3.43. The molecule has 0 aromatic heterocycles. The van der Waals surface area contributed by atoms with Crippen LogP contribution >= 0.6 is 15.9 Å². The largest absolute Gasteiger partial charge is 0.355 e. The molecule has 3 heteroatoms. The molecule has 0 aromatic rings. The van der Waals surface area contributed by atoms with Gasteiger partial charge in [0.1, 0.15) is 0 Å². The van der Waals surface area contributed by atoms with E-state index in [0.717, 1.165) is 19.4 Å². The maximum atomic E-state index is 11.2. The first-order chi connectivity index (χ1) is 5.72. The molecule has 1 unspecified atom stereocenters. The molecule has 0 aliphatic carbocycles. The van der Waals surface area contributed by atoms with E-state index in [1.54, 1.807) is 0 Å². The monoisotopic (exact) mass is 233 g/mol.